The number of carbonyl (C=O) groups is 5. The van der Waals surface area contributed by atoms with Crippen LogP contribution in [0.5, 0.6) is 5.75 Å². The molecule has 0 aliphatic heterocycles. The second-order valence-corrected chi connectivity index (χ2v) is 9.24. The number of aromatic nitrogens is 1. The molecule has 2 aromatic carbocycles. The lowest BCUT2D eigenvalue weighted by Gasteiger charge is -2.17. The van der Waals surface area contributed by atoms with E-state index in [9.17, 15) is 29.1 Å². The molecule has 0 saturated heterocycles. The van der Waals surface area contributed by atoms with Gasteiger partial charge in [-0.3, -0.25) is 24.2 Å². The lowest BCUT2D eigenvalue weighted by molar-refractivity contribution is -0.140. The molecule has 13 heteroatoms. The van der Waals surface area contributed by atoms with Crippen molar-refractivity contribution < 1.29 is 38.9 Å². The number of methoxy groups -OCH3 is 1. The Kier molecular flexibility index (Phi) is 10.9. The van der Waals surface area contributed by atoms with Gasteiger partial charge in [0.15, 0.2) is 0 Å². The van der Waals surface area contributed by atoms with Gasteiger partial charge in [0.1, 0.15) is 5.75 Å². The molecule has 0 fully saturated rings. The van der Waals surface area contributed by atoms with Crippen molar-refractivity contribution in [2.24, 2.45) is 0 Å². The minimum Gasteiger partial charge on any atom is -0.495 e. The Morgan fingerprint density at radius 3 is 2.24 bits per heavy atom. The van der Waals surface area contributed by atoms with Crippen molar-refractivity contribution in [3.05, 3.63) is 77.6 Å². The van der Waals surface area contributed by atoms with E-state index < -0.39 is 42.8 Å². The van der Waals surface area contributed by atoms with Gasteiger partial charge in [-0.25, -0.2) is 4.79 Å². The SMILES string of the molecule is COc1cc(CC(=O)Nc2ccc(C(CC(=O)O)NC(=O)CCC(=O)O)nc2)ccc1NC(=O)Nc1ccccc1C. The molecule has 0 aliphatic carbocycles. The molecular weight excluding hydrogens is 546 g/mol. The molecule has 6 N–H and O–H groups in total. The van der Waals surface area contributed by atoms with Crippen LogP contribution in [-0.2, 0) is 25.6 Å². The van der Waals surface area contributed by atoms with Crippen LogP contribution in [0.1, 0.15) is 42.1 Å². The fourth-order valence-corrected chi connectivity index (χ4v) is 3.90. The summed E-state index contributed by atoms with van der Waals surface area (Å²) in [5.41, 5.74) is 3.18. The Labute approximate surface area is 241 Å². The second-order valence-electron chi connectivity index (χ2n) is 9.24. The molecule has 13 nitrogen and oxygen atoms in total. The number of amides is 4. The summed E-state index contributed by atoms with van der Waals surface area (Å²) in [7, 11) is 1.45. The molecule has 1 aromatic heterocycles. The molecule has 0 bridgehead atoms. The van der Waals surface area contributed by atoms with Crippen molar-refractivity contribution in [3.63, 3.8) is 0 Å². The van der Waals surface area contributed by atoms with Crippen molar-refractivity contribution in [3.8, 4) is 5.75 Å². The monoisotopic (exact) mass is 577 g/mol. The maximum absolute atomic E-state index is 12.7. The zero-order valence-corrected chi connectivity index (χ0v) is 23.0. The highest BCUT2D eigenvalue weighted by molar-refractivity contribution is 6.01. The molecule has 3 aromatic rings. The second kappa shape index (κ2) is 14.8. The molecule has 3 rings (SSSR count). The number of rotatable bonds is 13. The summed E-state index contributed by atoms with van der Waals surface area (Å²) in [5, 5.41) is 28.6. The van der Waals surface area contributed by atoms with E-state index in [1.807, 2.05) is 25.1 Å². The molecule has 0 radical (unpaired) electrons. The minimum absolute atomic E-state index is 0.0188. The van der Waals surface area contributed by atoms with Crippen molar-refractivity contribution in [2.75, 3.05) is 23.1 Å². The number of carbonyl (C=O) groups excluding carboxylic acids is 3. The Bertz CT molecular complexity index is 1460. The number of aliphatic carboxylic acids is 2. The van der Waals surface area contributed by atoms with Gasteiger partial charge in [-0.15, -0.1) is 0 Å². The number of pyridine rings is 1. The lowest BCUT2D eigenvalue weighted by Crippen LogP contribution is -2.31. The molecule has 1 unspecified atom stereocenters. The van der Waals surface area contributed by atoms with Crippen molar-refractivity contribution in [2.45, 2.75) is 38.6 Å². The number of carboxylic acid groups (broad SMARTS) is 2. The van der Waals surface area contributed by atoms with Crippen LogP contribution in [0, 0.1) is 6.92 Å². The number of nitrogens with one attached hydrogen (secondary N) is 4. The summed E-state index contributed by atoms with van der Waals surface area (Å²) in [6.07, 6.45) is 0.152. The van der Waals surface area contributed by atoms with Crippen LogP contribution in [0.25, 0.3) is 0 Å². The van der Waals surface area contributed by atoms with E-state index in [0.29, 0.717) is 28.4 Å². The minimum atomic E-state index is -1.18. The van der Waals surface area contributed by atoms with E-state index >= 15 is 0 Å². The smallest absolute Gasteiger partial charge is 0.323 e. The average Bonchev–Trinajstić information content (AvgIpc) is 2.93. The van der Waals surface area contributed by atoms with Crippen LogP contribution < -0.4 is 26.0 Å². The van der Waals surface area contributed by atoms with Gasteiger partial charge < -0.3 is 36.2 Å². The third-order valence-corrected chi connectivity index (χ3v) is 5.98. The van der Waals surface area contributed by atoms with Crippen LogP contribution in [0.15, 0.2) is 60.8 Å². The van der Waals surface area contributed by atoms with Gasteiger partial charge in [0.05, 0.1) is 55.7 Å². The molecule has 0 spiro atoms. The summed E-state index contributed by atoms with van der Waals surface area (Å²) < 4.78 is 5.39. The third kappa shape index (κ3) is 9.62. The van der Waals surface area contributed by atoms with Gasteiger partial charge in [0.25, 0.3) is 0 Å². The van der Waals surface area contributed by atoms with E-state index in [-0.39, 0.29) is 24.4 Å². The Hall–Kier alpha value is -5.46. The predicted octanol–water partition coefficient (Wildman–Crippen LogP) is 3.72. The maximum Gasteiger partial charge on any atom is 0.323 e. The highest BCUT2D eigenvalue weighted by Crippen LogP contribution is 2.27. The molecule has 4 amide bonds. The Morgan fingerprint density at radius 1 is 0.857 bits per heavy atom. The van der Waals surface area contributed by atoms with Crippen LogP contribution in [0.2, 0.25) is 0 Å². The number of ether oxygens (including phenoxy) is 1. The molecular formula is C29H31N5O8. The number of carboxylic acids is 2. The van der Waals surface area contributed by atoms with Crippen molar-refractivity contribution >= 4 is 46.8 Å². The van der Waals surface area contributed by atoms with E-state index in [4.69, 9.17) is 9.84 Å². The number of benzene rings is 2. The first-order valence-electron chi connectivity index (χ1n) is 12.8. The topological polar surface area (TPSA) is 196 Å². The van der Waals surface area contributed by atoms with Crippen LogP contribution in [0.3, 0.4) is 0 Å². The van der Waals surface area contributed by atoms with E-state index in [1.165, 1.54) is 25.4 Å². The number of hydrogen-bond acceptors (Lipinski definition) is 7. The largest absolute Gasteiger partial charge is 0.495 e. The number of nitrogens with zero attached hydrogens (tertiary/aromatic N) is 1. The number of hydrogen-bond donors (Lipinski definition) is 6. The standard InChI is InChI=1S/C29H31N5O8/c1-17-5-3-4-6-20(17)33-29(41)34-22-9-7-18(13-24(22)42-2)14-26(36)31-19-8-10-21(30-16-19)23(15-28(39)40)32-25(35)11-12-27(37)38/h3-10,13,16,23H,11-12,14-15H2,1-2H3,(H,31,36)(H,32,35)(H,37,38)(H,39,40)(H2,33,34,41). The zero-order valence-electron chi connectivity index (χ0n) is 23.0. The van der Waals surface area contributed by atoms with Gasteiger partial charge in [0, 0.05) is 12.1 Å². The molecule has 0 saturated carbocycles. The number of para-hydroxylation sites is 1. The first-order chi connectivity index (χ1) is 20.0. The first kappa shape index (κ1) is 31.1. The molecule has 1 heterocycles. The quantitative estimate of drug-likeness (QED) is 0.175. The Balaban J connectivity index is 1.60. The number of urea groups is 1. The summed E-state index contributed by atoms with van der Waals surface area (Å²) in [4.78, 5) is 63.3. The zero-order chi connectivity index (χ0) is 30.6. The van der Waals surface area contributed by atoms with E-state index in [0.717, 1.165) is 5.56 Å². The molecule has 42 heavy (non-hydrogen) atoms. The van der Waals surface area contributed by atoms with Crippen LogP contribution in [0.4, 0.5) is 21.9 Å². The number of anilines is 3. The van der Waals surface area contributed by atoms with Crippen molar-refractivity contribution in [1.29, 1.82) is 0 Å². The molecule has 1 atom stereocenters. The fourth-order valence-electron chi connectivity index (χ4n) is 3.90. The number of aryl methyl sites for hydroxylation is 1. The van der Waals surface area contributed by atoms with Gasteiger partial charge in [0.2, 0.25) is 11.8 Å². The first-order valence-corrected chi connectivity index (χ1v) is 12.8. The average molecular weight is 578 g/mol. The fraction of sp³-hybridized carbons (Fsp3) is 0.241. The van der Waals surface area contributed by atoms with Crippen LogP contribution >= 0.6 is 0 Å². The lowest BCUT2D eigenvalue weighted by atomic mass is 10.1. The third-order valence-electron chi connectivity index (χ3n) is 5.98. The van der Waals surface area contributed by atoms with Gasteiger partial charge >= 0.3 is 18.0 Å². The molecule has 220 valence electrons. The summed E-state index contributed by atoms with van der Waals surface area (Å²) in [6.45, 7) is 1.88. The molecule has 0 aliphatic rings. The summed E-state index contributed by atoms with van der Waals surface area (Å²) >= 11 is 0. The summed E-state index contributed by atoms with van der Waals surface area (Å²) in [5.74, 6) is -2.95. The highest BCUT2D eigenvalue weighted by Gasteiger charge is 2.20. The predicted molar refractivity (Wildman–Crippen MR) is 153 cm³/mol. The van der Waals surface area contributed by atoms with Crippen LogP contribution in [-0.4, -0.2) is 52.1 Å². The highest BCUT2D eigenvalue weighted by atomic mass is 16.5. The van der Waals surface area contributed by atoms with Crippen molar-refractivity contribution in [1.82, 2.24) is 10.3 Å². The Morgan fingerprint density at radius 2 is 1.60 bits per heavy atom. The van der Waals surface area contributed by atoms with E-state index in [2.05, 4.69) is 26.3 Å². The maximum atomic E-state index is 12.7. The normalized spacial score (nSPS) is 11.1. The van der Waals surface area contributed by atoms with Gasteiger partial charge in [-0.2, -0.15) is 0 Å². The van der Waals surface area contributed by atoms with Gasteiger partial charge in [-0.1, -0.05) is 24.3 Å². The van der Waals surface area contributed by atoms with Gasteiger partial charge in [-0.05, 0) is 48.4 Å². The summed E-state index contributed by atoms with van der Waals surface area (Å²) in [6, 6.07) is 13.8. The van der Waals surface area contributed by atoms with E-state index in [1.54, 1.807) is 24.3 Å².